The summed E-state index contributed by atoms with van der Waals surface area (Å²) in [6.07, 6.45) is 4.84. The molecule has 6 nitrogen and oxygen atoms in total. The summed E-state index contributed by atoms with van der Waals surface area (Å²) in [4.78, 5) is 15.4. The summed E-state index contributed by atoms with van der Waals surface area (Å²) in [6, 6.07) is 0. The Hall–Kier alpha value is -1.40. The van der Waals surface area contributed by atoms with Crippen molar-refractivity contribution in [3.8, 4) is 0 Å². The molecule has 2 aliphatic rings. The van der Waals surface area contributed by atoms with Gasteiger partial charge >= 0.3 is 5.97 Å². The van der Waals surface area contributed by atoms with E-state index >= 15 is 0 Å². The number of hydrogen-bond donors (Lipinski definition) is 3. The Morgan fingerprint density at radius 1 is 1.57 bits per heavy atom. The fourth-order valence-corrected chi connectivity index (χ4v) is 3.07. The van der Waals surface area contributed by atoms with Crippen LogP contribution >= 0.6 is 0 Å². The van der Waals surface area contributed by atoms with Crippen LogP contribution in [0.25, 0.3) is 0 Å². The predicted molar refractivity (Wildman–Crippen MR) is 76.8 cm³/mol. The number of rotatable bonds is 7. The summed E-state index contributed by atoms with van der Waals surface area (Å²) >= 11 is 0. The predicted octanol–water partition coefficient (Wildman–Crippen LogP) is 1.18. The van der Waals surface area contributed by atoms with E-state index in [4.69, 9.17) is 9.94 Å². The van der Waals surface area contributed by atoms with Crippen molar-refractivity contribution < 1.29 is 25.0 Å². The molecule has 2 aliphatic carbocycles. The zero-order valence-corrected chi connectivity index (χ0v) is 12.2. The summed E-state index contributed by atoms with van der Waals surface area (Å²) < 4.78 is 0. The van der Waals surface area contributed by atoms with Gasteiger partial charge < -0.3 is 20.2 Å². The first-order chi connectivity index (χ1) is 10.0. The lowest BCUT2D eigenvalue weighted by atomic mass is 9.71. The Kier molecular flexibility index (Phi) is 5.36. The van der Waals surface area contributed by atoms with E-state index in [-0.39, 0.29) is 24.9 Å². The van der Waals surface area contributed by atoms with E-state index in [2.05, 4.69) is 5.16 Å². The van der Waals surface area contributed by atoms with E-state index < -0.39 is 18.2 Å². The minimum atomic E-state index is -0.905. The van der Waals surface area contributed by atoms with Gasteiger partial charge in [0, 0.05) is 11.8 Å². The highest BCUT2D eigenvalue weighted by molar-refractivity contribution is 5.93. The maximum Gasteiger partial charge on any atom is 0.306 e. The largest absolute Gasteiger partial charge is 0.481 e. The molecule has 0 aromatic carbocycles. The van der Waals surface area contributed by atoms with E-state index in [0.717, 1.165) is 12.1 Å². The third kappa shape index (κ3) is 3.83. The van der Waals surface area contributed by atoms with Crippen molar-refractivity contribution in [2.24, 2.45) is 22.9 Å². The van der Waals surface area contributed by atoms with E-state index in [1.807, 2.05) is 13.0 Å². The van der Waals surface area contributed by atoms with Crippen LogP contribution in [-0.4, -0.2) is 45.8 Å². The zero-order chi connectivity index (χ0) is 15.4. The molecule has 0 aromatic heterocycles. The lowest BCUT2D eigenvalue weighted by molar-refractivity contribution is -0.138. The third-order valence-electron chi connectivity index (χ3n) is 4.39. The van der Waals surface area contributed by atoms with Crippen LogP contribution in [0, 0.1) is 17.8 Å². The van der Waals surface area contributed by atoms with Gasteiger partial charge in [-0.05, 0) is 25.2 Å². The minimum absolute atomic E-state index is 0.0617. The fraction of sp³-hybridized carbons (Fsp3) is 0.733. The number of carboxylic acid groups (broad SMARTS) is 1. The van der Waals surface area contributed by atoms with Crippen LogP contribution in [0.15, 0.2) is 17.3 Å². The average molecular weight is 297 g/mol. The van der Waals surface area contributed by atoms with Crippen LogP contribution in [0.1, 0.15) is 32.6 Å². The normalized spacial score (nSPS) is 34.7. The van der Waals surface area contributed by atoms with Crippen LogP contribution in [-0.2, 0) is 9.63 Å². The molecule has 0 radical (unpaired) electrons. The van der Waals surface area contributed by atoms with Crippen molar-refractivity contribution >= 4 is 11.7 Å². The number of carboxylic acids is 1. The smallest absolute Gasteiger partial charge is 0.306 e. The van der Waals surface area contributed by atoms with Crippen LogP contribution in [0.2, 0.25) is 0 Å². The number of aliphatic hydroxyl groups is 2. The number of aliphatic carboxylic acids is 1. The molecule has 3 N–H and O–H groups in total. The minimum Gasteiger partial charge on any atom is -0.481 e. The summed E-state index contributed by atoms with van der Waals surface area (Å²) in [5.74, 6) is -0.271. The summed E-state index contributed by atoms with van der Waals surface area (Å²) in [5, 5.41) is 32.2. The molecule has 5 atom stereocenters. The maximum atomic E-state index is 10.4. The van der Waals surface area contributed by atoms with Crippen molar-refractivity contribution in [3.63, 3.8) is 0 Å². The van der Waals surface area contributed by atoms with Crippen molar-refractivity contribution in [2.75, 3.05) is 6.61 Å². The monoisotopic (exact) mass is 297 g/mol. The molecule has 2 saturated carbocycles. The number of hydrogen-bond acceptors (Lipinski definition) is 5. The molecule has 0 bridgehead atoms. The molecule has 21 heavy (non-hydrogen) atoms. The van der Waals surface area contributed by atoms with Crippen LogP contribution in [0.4, 0.5) is 0 Å². The maximum absolute atomic E-state index is 10.4. The van der Waals surface area contributed by atoms with Crippen molar-refractivity contribution in [1.29, 1.82) is 0 Å². The number of fused-ring (bicyclic) bond motifs is 1. The third-order valence-corrected chi connectivity index (χ3v) is 4.39. The van der Waals surface area contributed by atoms with Gasteiger partial charge in [0.15, 0.2) is 0 Å². The Morgan fingerprint density at radius 3 is 3.00 bits per heavy atom. The van der Waals surface area contributed by atoms with Crippen molar-refractivity contribution in [1.82, 2.24) is 0 Å². The molecule has 3 unspecified atom stereocenters. The first kappa shape index (κ1) is 16.0. The second-order valence-electron chi connectivity index (χ2n) is 5.77. The zero-order valence-electron chi connectivity index (χ0n) is 12.2. The van der Waals surface area contributed by atoms with E-state index in [9.17, 15) is 15.0 Å². The number of aliphatic hydroxyl groups excluding tert-OH is 2. The number of nitrogens with zero attached hydrogens (tertiary/aromatic N) is 1. The van der Waals surface area contributed by atoms with Gasteiger partial charge in [0.25, 0.3) is 0 Å². The van der Waals surface area contributed by atoms with Gasteiger partial charge in [0.1, 0.15) is 6.61 Å². The van der Waals surface area contributed by atoms with Crippen molar-refractivity contribution in [3.05, 3.63) is 12.2 Å². The van der Waals surface area contributed by atoms with Gasteiger partial charge in [-0.1, -0.05) is 24.2 Å². The van der Waals surface area contributed by atoms with Crippen LogP contribution in [0.3, 0.4) is 0 Å². The molecule has 0 saturated heterocycles. The Balaban J connectivity index is 1.84. The topological polar surface area (TPSA) is 99.4 Å². The molecule has 0 heterocycles. The number of carbonyl (C=O) groups is 1. The highest BCUT2D eigenvalue weighted by Gasteiger charge is 2.51. The molecule has 0 spiro atoms. The van der Waals surface area contributed by atoms with Crippen LogP contribution in [0.5, 0.6) is 0 Å². The average Bonchev–Trinajstić information content (AvgIpc) is 2.68. The standard InChI is InChI=1S/C15H23NO5/c1-2-9(17)3-4-10-11-7-13(12(11)8-14(10)18)16-21-6-5-15(19)20/h3-4,9-12,14,17-18H,2,5-8H2,1H3,(H,19,20)/t9?,10?,11-,12-,14?/m0/s1. The van der Waals surface area contributed by atoms with Gasteiger partial charge in [-0.15, -0.1) is 0 Å². The fourth-order valence-electron chi connectivity index (χ4n) is 3.07. The van der Waals surface area contributed by atoms with Gasteiger partial charge in [-0.3, -0.25) is 4.79 Å². The lowest BCUT2D eigenvalue weighted by Gasteiger charge is -2.34. The molecule has 6 heteroatoms. The summed E-state index contributed by atoms with van der Waals surface area (Å²) in [7, 11) is 0. The highest BCUT2D eigenvalue weighted by atomic mass is 16.6. The van der Waals surface area contributed by atoms with Gasteiger partial charge in [0.2, 0.25) is 0 Å². The SMILES string of the molecule is CCC(O)C=CC1C(O)C[C@@H]2C(=NOCCC(=O)O)C[C@@H]12. The van der Waals surface area contributed by atoms with Gasteiger partial charge in [-0.25, -0.2) is 0 Å². The van der Waals surface area contributed by atoms with E-state index in [1.54, 1.807) is 6.08 Å². The molecule has 118 valence electrons. The molecule has 0 amide bonds. The number of oxime groups is 1. The Morgan fingerprint density at radius 2 is 2.33 bits per heavy atom. The summed E-state index contributed by atoms with van der Waals surface area (Å²) in [6.45, 7) is 1.98. The quantitative estimate of drug-likeness (QED) is 0.372. The first-order valence-electron chi connectivity index (χ1n) is 7.47. The van der Waals surface area contributed by atoms with Crippen LogP contribution < -0.4 is 0 Å². The van der Waals surface area contributed by atoms with Gasteiger partial charge in [0.05, 0.1) is 24.3 Å². The molecule has 2 rings (SSSR count). The van der Waals surface area contributed by atoms with E-state index in [1.165, 1.54) is 0 Å². The van der Waals surface area contributed by atoms with Crippen molar-refractivity contribution in [2.45, 2.75) is 44.8 Å². The molecular weight excluding hydrogens is 274 g/mol. The molecular formula is C15H23NO5. The molecule has 0 aliphatic heterocycles. The Bertz CT molecular complexity index is 434. The van der Waals surface area contributed by atoms with Gasteiger partial charge in [-0.2, -0.15) is 0 Å². The molecule has 0 aromatic rings. The lowest BCUT2D eigenvalue weighted by Crippen LogP contribution is -2.36. The first-order valence-corrected chi connectivity index (χ1v) is 7.47. The highest BCUT2D eigenvalue weighted by Crippen LogP contribution is 2.49. The second kappa shape index (κ2) is 7.04. The second-order valence-corrected chi connectivity index (χ2v) is 5.77. The summed E-state index contributed by atoms with van der Waals surface area (Å²) in [5.41, 5.74) is 0.913. The Labute approximate surface area is 124 Å². The molecule has 2 fully saturated rings. The van der Waals surface area contributed by atoms with E-state index in [0.29, 0.717) is 18.8 Å².